The third-order valence-electron chi connectivity index (χ3n) is 2.92. The molecule has 0 aromatic heterocycles. The van der Waals surface area contributed by atoms with Gasteiger partial charge in [0.2, 0.25) is 0 Å². The molecular weight excluding hydrogens is 338 g/mol. The lowest BCUT2D eigenvalue weighted by Gasteiger charge is -2.14. The summed E-state index contributed by atoms with van der Waals surface area (Å²) in [6.45, 7) is 5.35. The van der Waals surface area contributed by atoms with Gasteiger partial charge < -0.3 is 10.1 Å². The van der Waals surface area contributed by atoms with E-state index >= 15 is 0 Å². The van der Waals surface area contributed by atoms with Gasteiger partial charge in [-0.1, -0.05) is 39.7 Å². The Morgan fingerprint density at radius 3 is 2.70 bits per heavy atom. The second-order valence-corrected chi connectivity index (χ2v) is 5.84. The van der Waals surface area contributed by atoms with Gasteiger partial charge in [0.1, 0.15) is 5.75 Å². The molecule has 0 aliphatic heterocycles. The number of hydrogen-bond donors (Lipinski definition) is 1. The van der Waals surface area contributed by atoms with E-state index in [1.807, 2.05) is 37.3 Å². The maximum atomic E-state index is 6.22. The Kier molecular flexibility index (Phi) is 5.32. The van der Waals surface area contributed by atoms with Crippen LogP contribution in [0.2, 0.25) is 5.02 Å². The van der Waals surface area contributed by atoms with Crippen molar-refractivity contribution in [2.45, 2.75) is 20.4 Å². The fraction of sp³-hybridized carbons (Fsp3) is 0.250. The summed E-state index contributed by atoms with van der Waals surface area (Å²) >= 11 is 9.63. The van der Waals surface area contributed by atoms with Crippen LogP contribution in [0.1, 0.15) is 18.1 Å². The molecule has 2 nitrogen and oxygen atoms in total. The molecule has 0 saturated heterocycles. The zero-order valence-corrected chi connectivity index (χ0v) is 13.9. The van der Waals surface area contributed by atoms with E-state index in [2.05, 4.69) is 34.2 Å². The van der Waals surface area contributed by atoms with E-state index in [0.29, 0.717) is 13.2 Å². The van der Waals surface area contributed by atoms with Crippen molar-refractivity contribution >= 4 is 33.2 Å². The lowest BCUT2D eigenvalue weighted by molar-refractivity contribution is 0.341. The predicted molar refractivity (Wildman–Crippen MR) is 88.8 cm³/mol. The Balaban J connectivity index is 2.14. The van der Waals surface area contributed by atoms with Crippen LogP contribution in [-0.4, -0.2) is 6.61 Å². The van der Waals surface area contributed by atoms with Crippen molar-refractivity contribution in [3.63, 3.8) is 0 Å². The Labute approximate surface area is 133 Å². The van der Waals surface area contributed by atoms with Crippen LogP contribution in [0.5, 0.6) is 5.75 Å². The van der Waals surface area contributed by atoms with Gasteiger partial charge in [0.05, 0.1) is 12.3 Å². The molecule has 0 spiro atoms. The summed E-state index contributed by atoms with van der Waals surface area (Å²) in [6.07, 6.45) is 0. The molecule has 106 valence electrons. The van der Waals surface area contributed by atoms with E-state index in [9.17, 15) is 0 Å². The number of nitrogens with one attached hydrogen (secondary N) is 1. The Bertz CT molecular complexity index is 601. The smallest absolute Gasteiger partial charge is 0.142 e. The maximum absolute atomic E-state index is 6.22. The van der Waals surface area contributed by atoms with Gasteiger partial charge in [0, 0.05) is 16.0 Å². The van der Waals surface area contributed by atoms with Gasteiger partial charge in [-0.15, -0.1) is 0 Å². The molecule has 0 amide bonds. The maximum Gasteiger partial charge on any atom is 0.142 e. The van der Waals surface area contributed by atoms with Crippen LogP contribution >= 0.6 is 27.5 Å². The molecular formula is C16H17BrClNO. The van der Waals surface area contributed by atoms with Crippen LogP contribution in [0.3, 0.4) is 0 Å². The molecule has 0 unspecified atom stereocenters. The minimum atomic E-state index is 0.650. The third-order valence-corrected chi connectivity index (χ3v) is 3.77. The highest BCUT2D eigenvalue weighted by molar-refractivity contribution is 9.10. The van der Waals surface area contributed by atoms with Crippen molar-refractivity contribution in [2.75, 3.05) is 11.9 Å². The molecule has 0 aliphatic rings. The second kappa shape index (κ2) is 7.00. The molecule has 4 heteroatoms. The number of hydrogen-bond acceptors (Lipinski definition) is 2. The van der Waals surface area contributed by atoms with E-state index < -0.39 is 0 Å². The fourth-order valence-electron chi connectivity index (χ4n) is 1.91. The summed E-state index contributed by atoms with van der Waals surface area (Å²) in [7, 11) is 0. The molecule has 0 fully saturated rings. The van der Waals surface area contributed by atoms with Crippen molar-refractivity contribution in [1.29, 1.82) is 0 Å². The molecule has 0 atom stereocenters. The summed E-state index contributed by atoms with van der Waals surface area (Å²) in [5.74, 6) is 0.876. The van der Waals surface area contributed by atoms with Crippen molar-refractivity contribution in [1.82, 2.24) is 0 Å². The van der Waals surface area contributed by atoms with E-state index in [1.54, 1.807) is 0 Å². The van der Waals surface area contributed by atoms with Crippen molar-refractivity contribution in [3.05, 3.63) is 57.0 Å². The van der Waals surface area contributed by atoms with E-state index in [0.717, 1.165) is 26.5 Å². The Hall–Kier alpha value is -1.19. The standard InChI is InChI=1S/C16H17BrClNO/c1-3-20-16-8-11(2)4-7-15(16)19-10-12-5-6-13(17)9-14(12)18/h4-9,19H,3,10H2,1-2H3. The number of rotatable bonds is 5. The molecule has 0 radical (unpaired) electrons. The molecule has 20 heavy (non-hydrogen) atoms. The predicted octanol–water partition coefficient (Wildman–Crippen LogP) is 5.42. The van der Waals surface area contributed by atoms with Gasteiger partial charge in [-0.05, 0) is 49.2 Å². The zero-order valence-electron chi connectivity index (χ0n) is 11.5. The number of benzene rings is 2. The first-order chi connectivity index (χ1) is 9.60. The summed E-state index contributed by atoms with van der Waals surface area (Å²) < 4.78 is 6.64. The van der Waals surface area contributed by atoms with Gasteiger partial charge in [0.15, 0.2) is 0 Å². The first-order valence-electron chi connectivity index (χ1n) is 6.51. The lowest BCUT2D eigenvalue weighted by atomic mass is 10.2. The van der Waals surface area contributed by atoms with Gasteiger partial charge >= 0.3 is 0 Å². The Morgan fingerprint density at radius 1 is 1.20 bits per heavy atom. The minimum Gasteiger partial charge on any atom is -0.492 e. The van der Waals surface area contributed by atoms with Crippen LogP contribution in [0, 0.1) is 6.92 Å². The minimum absolute atomic E-state index is 0.650. The largest absolute Gasteiger partial charge is 0.492 e. The first-order valence-corrected chi connectivity index (χ1v) is 7.68. The van der Waals surface area contributed by atoms with Crippen molar-refractivity contribution < 1.29 is 4.74 Å². The SMILES string of the molecule is CCOc1cc(C)ccc1NCc1ccc(Br)cc1Cl. The summed E-state index contributed by atoms with van der Waals surface area (Å²) in [4.78, 5) is 0. The average molecular weight is 355 g/mol. The highest BCUT2D eigenvalue weighted by Gasteiger charge is 2.05. The molecule has 0 aliphatic carbocycles. The van der Waals surface area contributed by atoms with E-state index in [-0.39, 0.29) is 0 Å². The normalized spacial score (nSPS) is 10.4. The molecule has 0 heterocycles. The molecule has 0 saturated carbocycles. The van der Waals surface area contributed by atoms with Crippen LogP contribution in [0.15, 0.2) is 40.9 Å². The zero-order chi connectivity index (χ0) is 14.5. The number of halogens is 2. The summed E-state index contributed by atoms with van der Waals surface area (Å²) in [5.41, 5.74) is 3.22. The van der Waals surface area contributed by atoms with Gasteiger partial charge in [0.25, 0.3) is 0 Å². The van der Waals surface area contributed by atoms with Crippen LogP contribution in [-0.2, 0) is 6.54 Å². The van der Waals surface area contributed by atoms with E-state index in [1.165, 1.54) is 5.56 Å². The highest BCUT2D eigenvalue weighted by atomic mass is 79.9. The van der Waals surface area contributed by atoms with E-state index in [4.69, 9.17) is 16.3 Å². The molecule has 0 bridgehead atoms. The molecule has 1 N–H and O–H groups in total. The number of aryl methyl sites for hydroxylation is 1. The topological polar surface area (TPSA) is 21.3 Å². The number of anilines is 1. The average Bonchev–Trinajstić information content (AvgIpc) is 2.40. The highest BCUT2D eigenvalue weighted by Crippen LogP contribution is 2.28. The van der Waals surface area contributed by atoms with Crippen molar-refractivity contribution in [2.24, 2.45) is 0 Å². The summed E-state index contributed by atoms with van der Waals surface area (Å²) in [5, 5.41) is 4.12. The van der Waals surface area contributed by atoms with Crippen molar-refractivity contribution in [3.8, 4) is 5.75 Å². The van der Waals surface area contributed by atoms with Crippen LogP contribution < -0.4 is 10.1 Å². The lowest BCUT2D eigenvalue weighted by Crippen LogP contribution is -2.03. The van der Waals surface area contributed by atoms with Crippen LogP contribution in [0.4, 0.5) is 5.69 Å². The second-order valence-electron chi connectivity index (χ2n) is 4.52. The molecule has 2 aromatic carbocycles. The monoisotopic (exact) mass is 353 g/mol. The third kappa shape index (κ3) is 3.90. The molecule has 2 aromatic rings. The van der Waals surface area contributed by atoms with Gasteiger partial charge in [-0.25, -0.2) is 0 Å². The quantitative estimate of drug-likeness (QED) is 0.774. The Morgan fingerprint density at radius 2 is 2.00 bits per heavy atom. The molecule has 2 rings (SSSR count). The van der Waals surface area contributed by atoms with Gasteiger partial charge in [-0.2, -0.15) is 0 Å². The van der Waals surface area contributed by atoms with Crippen LogP contribution in [0.25, 0.3) is 0 Å². The summed E-state index contributed by atoms with van der Waals surface area (Å²) in [6, 6.07) is 12.0. The fourth-order valence-corrected chi connectivity index (χ4v) is 2.65. The van der Waals surface area contributed by atoms with Gasteiger partial charge in [-0.3, -0.25) is 0 Å². The first kappa shape index (κ1) is 15.2. The number of ether oxygens (including phenoxy) is 1.